The van der Waals surface area contributed by atoms with E-state index in [4.69, 9.17) is 4.74 Å². The maximum atomic E-state index is 12.2. The molecule has 3 N–H and O–H groups in total. The smallest absolute Gasteiger partial charge is 0.243 e. The first-order chi connectivity index (χ1) is 13.0. The summed E-state index contributed by atoms with van der Waals surface area (Å²) in [6, 6.07) is 13.9. The van der Waals surface area contributed by atoms with Crippen LogP contribution in [0.2, 0.25) is 0 Å². The molecule has 0 aliphatic heterocycles. The molecule has 0 radical (unpaired) electrons. The van der Waals surface area contributed by atoms with Gasteiger partial charge in [0, 0.05) is 24.8 Å². The van der Waals surface area contributed by atoms with E-state index >= 15 is 0 Å². The number of anilines is 1. The summed E-state index contributed by atoms with van der Waals surface area (Å²) < 4.78 is 5.41. The van der Waals surface area contributed by atoms with E-state index in [1.54, 1.807) is 14.2 Å². The van der Waals surface area contributed by atoms with Crippen molar-refractivity contribution >= 4 is 41.5 Å². The Morgan fingerprint density at radius 3 is 2.61 bits per heavy atom. The molecule has 0 fully saturated rings. The second-order valence-electron chi connectivity index (χ2n) is 6.20. The molecule has 0 saturated carbocycles. The van der Waals surface area contributed by atoms with Crippen molar-refractivity contribution in [1.29, 1.82) is 0 Å². The zero-order valence-electron chi connectivity index (χ0n) is 16.8. The third kappa shape index (κ3) is 7.38. The third-order valence-corrected chi connectivity index (χ3v) is 4.15. The molecule has 2 aromatic carbocycles. The Hall–Kier alpha value is -2.29. The third-order valence-electron chi connectivity index (χ3n) is 4.15. The Balaban J connectivity index is 0.00000392. The van der Waals surface area contributed by atoms with E-state index < -0.39 is 0 Å². The fraction of sp³-hybridized carbons (Fsp3) is 0.333. The Labute approximate surface area is 184 Å². The van der Waals surface area contributed by atoms with E-state index in [-0.39, 0.29) is 36.4 Å². The first-order valence-electron chi connectivity index (χ1n) is 9.02. The summed E-state index contributed by atoms with van der Waals surface area (Å²) in [5.74, 6) is 1.25. The fourth-order valence-electron chi connectivity index (χ4n) is 2.64. The Bertz CT molecular complexity index is 809. The van der Waals surface area contributed by atoms with Crippen LogP contribution in [0.3, 0.4) is 0 Å². The predicted molar refractivity (Wildman–Crippen MR) is 126 cm³/mol. The summed E-state index contributed by atoms with van der Waals surface area (Å²) in [4.78, 5) is 16.3. The lowest BCUT2D eigenvalue weighted by Crippen LogP contribution is -2.41. The standard InChI is InChI=1S/C21H28N4O2.HI/c1-5-16-7-6-8-18(12-16)25-20(26)14-24-21(22-3)23-13-17-10-9-15(2)11-19(17)27-4;/h6-12H,5,13-14H2,1-4H3,(H,25,26)(H2,22,23,24);1H. The second kappa shape index (κ2) is 12.2. The molecule has 0 aliphatic rings. The molecule has 2 rings (SSSR count). The predicted octanol–water partition coefficient (Wildman–Crippen LogP) is 3.49. The SMILES string of the molecule is CCc1cccc(NC(=O)CNC(=NC)NCc2ccc(C)cc2OC)c1.I. The number of nitrogens with zero attached hydrogens (tertiary/aromatic N) is 1. The van der Waals surface area contributed by atoms with Crippen molar-refractivity contribution in [3.8, 4) is 5.75 Å². The lowest BCUT2D eigenvalue weighted by Gasteiger charge is -2.14. The molecule has 0 aromatic heterocycles. The van der Waals surface area contributed by atoms with Gasteiger partial charge < -0.3 is 20.7 Å². The molecular weight excluding hydrogens is 467 g/mol. The van der Waals surface area contributed by atoms with Gasteiger partial charge in [0.2, 0.25) is 5.91 Å². The lowest BCUT2D eigenvalue weighted by molar-refractivity contribution is -0.115. The van der Waals surface area contributed by atoms with Crippen molar-refractivity contribution in [2.75, 3.05) is 26.0 Å². The van der Waals surface area contributed by atoms with E-state index in [0.717, 1.165) is 29.0 Å². The van der Waals surface area contributed by atoms with Crippen LogP contribution in [0, 0.1) is 6.92 Å². The summed E-state index contributed by atoms with van der Waals surface area (Å²) in [6.45, 7) is 4.78. The average molecular weight is 496 g/mol. The largest absolute Gasteiger partial charge is 0.496 e. The van der Waals surface area contributed by atoms with Crippen molar-refractivity contribution in [3.05, 3.63) is 59.2 Å². The number of nitrogens with one attached hydrogen (secondary N) is 3. The quantitative estimate of drug-likeness (QED) is 0.312. The number of methoxy groups -OCH3 is 1. The van der Waals surface area contributed by atoms with Gasteiger partial charge in [-0.15, -0.1) is 24.0 Å². The molecule has 7 heteroatoms. The summed E-state index contributed by atoms with van der Waals surface area (Å²) in [7, 11) is 3.33. The van der Waals surface area contributed by atoms with Crippen LogP contribution >= 0.6 is 24.0 Å². The molecule has 2 aromatic rings. The van der Waals surface area contributed by atoms with Gasteiger partial charge in [0.15, 0.2) is 5.96 Å². The minimum atomic E-state index is -0.126. The van der Waals surface area contributed by atoms with Crippen LogP contribution in [0.4, 0.5) is 5.69 Å². The number of aliphatic imine (C=N–C) groups is 1. The summed E-state index contributed by atoms with van der Waals surface area (Å²) in [5, 5.41) is 9.11. The van der Waals surface area contributed by atoms with Crippen molar-refractivity contribution in [2.24, 2.45) is 4.99 Å². The van der Waals surface area contributed by atoms with Gasteiger partial charge in [-0.1, -0.05) is 31.2 Å². The summed E-state index contributed by atoms with van der Waals surface area (Å²) in [5.41, 5.74) is 4.15. The topological polar surface area (TPSA) is 74.8 Å². The maximum absolute atomic E-state index is 12.2. The van der Waals surface area contributed by atoms with Gasteiger partial charge in [-0.05, 0) is 42.7 Å². The highest BCUT2D eigenvalue weighted by atomic mass is 127. The van der Waals surface area contributed by atoms with E-state index in [1.807, 2.05) is 49.4 Å². The Morgan fingerprint density at radius 2 is 1.93 bits per heavy atom. The number of aryl methyl sites for hydroxylation is 2. The lowest BCUT2D eigenvalue weighted by atomic mass is 10.1. The van der Waals surface area contributed by atoms with Crippen LogP contribution in [-0.4, -0.2) is 32.6 Å². The number of halogens is 1. The minimum absolute atomic E-state index is 0. The second-order valence-corrected chi connectivity index (χ2v) is 6.20. The number of ether oxygens (including phenoxy) is 1. The van der Waals surface area contributed by atoms with Crippen molar-refractivity contribution in [2.45, 2.75) is 26.8 Å². The molecule has 6 nitrogen and oxygen atoms in total. The van der Waals surface area contributed by atoms with Crippen LogP contribution < -0.4 is 20.7 Å². The molecule has 0 heterocycles. The molecule has 0 spiro atoms. The zero-order valence-corrected chi connectivity index (χ0v) is 19.2. The van der Waals surface area contributed by atoms with Gasteiger partial charge in [0.05, 0.1) is 13.7 Å². The first kappa shape index (κ1) is 23.7. The monoisotopic (exact) mass is 496 g/mol. The van der Waals surface area contributed by atoms with Gasteiger partial charge >= 0.3 is 0 Å². The summed E-state index contributed by atoms with van der Waals surface area (Å²) in [6.07, 6.45) is 0.932. The van der Waals surface area contributed by atoms with E-state index in [2.05, 4.69) is 27.9 Å². The van der Waals surface area contributed by atoms with Gasteiger partial charge in [-0.3, -0.25) is 9.79 Å². The van der Waals surface area contributed by atoms with Gasteiger partial charge in [0.1, 0.15) is 5.75 Å². The van der Waals surface area contributed by atoms with Gasteiger partial charge in [-0.2, -0.15) is 0 Å². The van der Waals surface area contributed by atoms with Gasteiger partial charge in [0.25, 0.3) is 0 Å². The molecule has 0 bridgehead atoms. The number of amides is 1. The van der Waals surface area contributed by atoms with Crippen LogP contribution in [0.15, 0.2) is 47.5 Å². The molecule has 1 amide bonds. The minimum Gasteiger partial charge on any atom is -0.496 e. The number of carbonyl (C=O) groups is 1. The Morgan fingerprint density at radius 1 is 1.14 bits per heavy atom. The van der Waals surface area contributed by atoms with Crippen molar-refractivity contribution < 1.29 is 9.53 Å². The molecule has 0 aliphatic carbocycles. The number of hydrogen-bond donors (Lipinski definition) is 3. The average Bonchev–Trinajstić information content (AvgIpc) is 2.68. The van der Waals surface area contributed by atoms with E-state index in [9.17, 15) is 4.79 Å². The number of hydrogen-bond acceptors (Lipinski definition) is 3. The number of rotatable bonds is 7. The van der Waals surface area contributed by atoms with Crippen LogP contribution in [0.5, 0.6) is 5.75 Å². The summed E-state index contributed by atoms with van der Waals surface area (Å²) >= 11 is 0. The molecular formula is C21H29IN4O2. The van der Waals surface area contributed by atoms with E-state index in [1.165, 1.54) is 5.56 Å². The highest BCUT2D eigenvalue weighted by Crippen LogP contribution is 2.19. The van der Waals surface area contributed by atoms with E-state index in [0.29, 0.717) is 12.5 Å². The normalized spacial score (nSPS) is 10.6. The van der Waals surface area contributed by atoms with Crippen LogP contribution in [-0.2, 0) is 17.8 Å². The number of guanidine groups is 1. The molecule has 0 unspecified atom stereocenters. The van der Waals surface area contributed by atoms with Gasteiger partial charge in [-0.25, -0.2) is 0 Å². The first-order valence-corrected chi connectivity index (χ1v) is 9.02. The molecule has 0 saturated heterocycles. The molecule has 152 valence electrons. The highest BCUT2D eigenvalue weighted by Gasteiger charge is 2.07. The van der Waals surface area contributed by atoms with Crippen LogP contribution in [0.1, 0.15) is 23.6 Å². The number of carbonyl (C=O) groups excluding carboxylic acids is 1. The van der Waals surface area contributed by atoms with Crippen molar-refractivity contribution in [3.63, 3.8) is 0 Å². The molecule has 0 atom stereocenters. The Kier molecular flexibility index (Phi) is 10.4. The highest BCUT2D eigenvalue weighted by molar-refractivity contribution is 14.0. The fourth-order valence-corrected chi connectivity index (χ4v) is 2.64. The van der Waals surface area contributed by atoms with Crippen LogP contribution in [0.25, 0.3) is 0 Å². The number of benzene rings is 2. The maximum Gasteiger partial charge on any atom is 0.243 e. The zero-order chi connectivity index (χ0) is 19.6. The van der Waals surface area contributed by atoms with Crippen molar-refractivity contribution in [1.82, 2.24) is 10.6 Å². The molecule has 28 heavy (non-hydrogen) atoms.